The predicted molar refractivity (Wildman–Crippen MR) is 85.5 cm³/mol. The molecule has 1 amide bonds. The molecule has 0 saturated heterocycles. The third kappa shape index (κ3) is 3.30. The zero-order valence-corrected chi connectivity index (χ0v) is 14.5. The lowest BCUT2D eigenvalue weighted by molar-refractivity contribution is 0.0997. The molecule has 0 atom stereocenters. The molecule has 2 aromatic rings. The molecular formula is C13H14ClN3O3S2. The van der Waals surface area contributed by atoms with Crippen molar-refractivity contribution in [1.29, 1.82) is 0 Å². The van der Waals surface area contributed by atoms with E-state index in [1.54, 1.807) is 23.2 Å². The lowest BCUT2D eigenvalue weighted by atomic mass is 10.2. The lowest BCUT2D eigenvalue weighted by Crippen LogP contribution is -2.23. The molecule has 0 aliphatic rings. The second kappa shape index (κ2) is 6.33. The monoisotopic (exact) mass is 359 g/mol. The number of aromatic nitrogens is 1. The van der Waals surface area contributed by atoms with Crippen LogP contribution in [0.25, 0.3) is 0 Å². The first-order valence-corrected chi connectivity index (χ1v) is 8.84. The Labute approximate surface area is 137 Å². The quantitative estimate of drug-likeness (QED) is 0.837. The van der Waals surface area contributed by atoms with Crippen LogP contribution in [0.2, 0.25) is 5.02 Å². The Bertz CT molecular complexity index is 882. The van der Waals surface area contributed by atoms with Crippen molar-refractivity contribution in [3.05, 3.63) is 45.2 Å². The first kappa shape index (κ1) is 16.9. The van der Waals surface area contributed by atoms with Gasteiger partial charge in [-0.25, -0.2) is 12.7 Å². The number of thiazole rings is 1. The summed E-state index contributed by atoms with van der Waals surface area (Å²) in [7, 11) is 0.839. The standard InChI is InChI=1S/C13H14ClN3O3S2/c1-16(2)22(19,20)11-8-9(4-5-10(11)14)12(18)15-13-17(3)6-7-21-13/h4-8H,1-3H3. The van der Waals surface area contributed by atoms with Crippen LogP contribution < -0.4 is 4.80 Å². The number of sulfonamides is 1. The summed E-state index contributed by atoms with van der Waals surface area (Å²) in [4.78, 5) is 16.6. The van der Waals surface area contributed by atoms with Crippen LogP contribution in [-0.4, -0.2) is 37.3 Å². The van der Waals surface area contributed by atoms with Gasteiger partial charge in [0.05, 0.1) is 5.02 Å². The Morgan fingerprint density at radius 1 is 1.36 bits per heavy atom. The number of halogens is 1. The molecule has 0 saturated carbocycles. The summed E-state index contributed by atoms with van der Waals surface area (Å²) in [5.74, 6) is -0.523. The van der Waals surface area contributed by atoms with Crippen LogP contribution in [0, 0.1) is 0 Å². The first-order valence-electron chi connectivity index (χ1n) is 6.14. The molecule has 0 bridgehead atoms. The third-order valence-electron chi connectivity index (χ3n) is 2.89. The number of carbonyl (C=O) groups is 1. The Balaban J connectivity index is 2.52. The average molecular weight is 360 g/mol. The maximum absolute atomic E-state index is 12.2. The van der Waals surface area contributed by atoms with Crippen molar-refractivity contribution in [2.45, 2.75) is 4.90 Å². The largest absolute Gasteiger partial charge is 0.327 e. The molecular weight excluding hydrogens is 346 g/mol. The topological polar surface area (TPSA) is 71.7 Å². The number of aryl methyl sites for hydroxylation is 1. The highest BCUT2D eigenvalue weighted by atomic mass is 35.5. The molecule has 9 heteroatoms. The zero-order chi connectivity index (χ0) is 16.5. The van der Waals surface area contributed by atoms with Crippen LogP contribution in [0.1, 0.15) is 10.4 Å². The summed E-state index contributed by atoms with van der Waals surface area (Å²) < 4.78 is 27.1. The maximum Gasteiger partial charge on any atom is 0.279 e. The van der Waals surface area contributed by atoms with Crippen molar-refractivity contribution >= 4 is 38.9 Å². The van der Waals surface area contributed by atoms with Crippen LogP contribution in [-0.2, 0) is 17.1 Å². The van der Waals surface area contributed by atoms with Gasteiger partial charge in [-0.05, 0) is 18.2 Å². The molecule has 118 valence electrons. The summed E-state index contributed by atoms with van der Waals surface area (Å²) in [6, 6.07) is 4.09. The highest BCUT2D eigenvalue weighted by molar-refractivity contribution is 7.89. The number of benzene rings is 1. The molecule has 0 N–H and O–H groups in total. The van der Waals surface area contributed by atoms with E-state index >= 15 is 0 Å². The number of nitrogens with zero attached hydrogens (tertiary/aromatic N) is 3. The van der Waals surface area contributed by atoms with Crippen LogP contribution in [0.3, 0.4) is 0 Å². The van der Waals surface area contributed by atoms with E-state index in [9.17, 15) is 13.2 Å². The third-order valence-corrected chi connectivity index (χ3v) is 6.04. The highest BCUT2D eigenvalue weighted by Crippen LogP contribution is 2.25. The van der Waals surface area contributed by atoms with Gasteiger partial charge in [0, 0.05) is 38.3 Å². The molecule has 0 radical (unpaired) electrons. The van der Waals surface area contributed by atoms with E-state index in [2.05, 4.69) is 4.99 Å². The van der Waals surface area contributed by atoms with Gasteiger partial charge >= 0.3 is 0 Å². The normalized spacial score (nSPS) is 12.9. The minimum Gasteiger partial charge on any atom is -0.327 e. The second-order valence-corrected chi connectivity index (χ2v) is 8.05. The van der Waals surface area contributed by atoms with Gasteiger partial charge in [0.15, 0.2) is 4.80 Å². The Morgan fingerprint density at radius 2 is 2.05 bits per heavy atom. The van der Waals surface area contributed by atoms with Gasteiger partial charge in [0.1, 0.15) is 4.90 Å². The smallest absolute Gasteiger partial charge is 0.279 e. The molecule has 0 unspecified atom stereocenters. The van der Waals surface area contributed by atoms with Crippen LogP contribution in [0.4, 0.5) is 0 Å². The van der Waals surface area contributed by atoms with Gasteiger partial charge in [-0.15, -0.1) is 11.3 Å². The Morgan fingerprint density at radius 3 is 2.59 bits per heavy atom. The fourth-order valence-corrected chi connectivity index (χ4v) is 3.74. The molecule has 1 aromatic heterocycles. The SMILES string of the molecule is CN(C)S(=O)(=O)c1cc(C(=O)N=c2sccn2C)ccc1Cl. The number of amides is 1. The summed E-state index contributed by atoms with van der Waals surface area (Å²) in [6.45, 7) is 0. The summed E-state index contributed by atoms with van der Waals surface area (Å²) >= 11 is 7.26. The first-order chi connectivity index (χ1) is 10.2. The van der Waals surface area contributed by atoms with E-state index in [0.29, 0.717) is 4.80 Å². The van der Waals surface area contributed by atoms with Gasteiger partial charge in [0.2, 0.25) is 10.0 Å². The number of hydrogen-bond donors (Lipinski definition) is 0. The lowest BCUT2D eigenvalue weighted by Gasteiger charge is -2.13. The molecule has 1 heterocycles. The van der Waals surface area contributed by atoms with Crippen LogP contribution in [0.5, 0.6) is 0 Å². The van der Waals surface area contributed by atoms with E-state index < -0.39 is 15.9 Å². The second-order valence-electron chi connectivity index (χ2n) is 4.65. The van der Waals surface area contributed by atoms with Crippen LogP contribution >= 0.6 is 22.9 Å². The number of carbonyl (C=O) groups excluding carboxylic acids is 1. The van der Waals surface area contributed by atoms with E-state index in [-0.39, 0.29) is 15.5 Å². The molecule has 0 fully saturated rings. The molecule has 0 aliphatic heterocycles. The fraction of sp³-hybridized carbons (Fsp3) is 0.231. The molecule has 22 heavy (non-hydrogen) atoms. The molecule has 6 nitrogen and oxygen atoms in total. The summed E-state index contributed by atoms with van der Waals surface area (Å²) in [5.41, 5.74) is 0.165. The van der Waals surface area contributed by atoms with Crippen molar-refractivity contribution in [1.82, 2.24) is 8.87 Å². The van der Waals surface area contributed by atoms with E-state index in [1.165, 1.54) is 43.6 Å². The molecule has 0 aliphatic carbocycles. The van der Waals surface area contributed by atoms with E-state index in [1.807, 2.05) is 0 Å². The molecule has 0 spiro atoms. The van der Waals surface area contributed by atoms with Gasteiger partial charge in [-0.1, -0.05) is 11.6 Å². The molecule has 1 aromatic carbocycles. The van der Waals surface area contributed by atoms with Crippen molar-refractivity contribution in [2.75, 3.05) is 14.1 Å². The van der Waals surface area contributed by atoms with Gasteiger partial charge < -0.3 is 4.57 Å². The number of hydrogen-bond acceptors (Lipinski definition) is 4. The van der Waals surface area contributed by atoms with Gasteiger partial charge in [-0.3, -0.25) is 4.79 Å². The average Bonchev–Trinajstić information content (AvgIpc) is 2.84. The van der Waals surface area contributed by atoms with Gasteiger partial charge in [-0.2, -0.15) is 4.99 Å². The van der Waals surface area contributed by atoms with Crippen molar-refractivity contribution in [3.63, 3.8) is 0 Å². The summed E-state index contributed by atoms with van der Waals surface area (Å²) in [5, 5.41) is 1.86. The fourth-order valence-electron chi connectivity index (χ4n) is 1.62. The van der Waals surface area contributed by atoms with Crippen molar-refractivity contribution in [3.8, 4) is 0 Å². The number of rotatable bonds is 3. The minimum absolute atomic E-state index is 0.0620. The van der Waals surface area contributed by atoms with E-state index in [4.69, 9.17) is 11.6 Å². The minimum atomic E-state index is -3.73. The highest BCUT2D eigenvalue weighted by Gasteiger charge is 2.22. The summed E-state index contributed by atoms with van der Waals surface area (Å²) in [6.07, 6.45) is 1.78. The molecule has 2 rings (SSSR count). The Hall–Kier alpha value is -1.48. The predicted octanol–water partition coefficient (Wildman–Crippen LogP) is 1.73. The maximum atomic E-state index is 12.2. The van der Waals surface area contributed by atoms with Gasteiger partial charge in [0.25, 0.3) is 5.91 Å². The Kier molecular flexibility index (Phi) is 4.86. The van der Waals surface area contributed by atoms with Crippen molar-refractivity contribution < 1.29 is 13.2 Å². The van der Waals surface area contributed by atoms with E-state index in [0.717, 1.165) is 4.31 Å². The van der Waals surface area contributed by atoms with Crippen LogP contribution in [0.15, 0.2) is 39.7 Å². The zero-order valence-electron chi connectivity index (χ0n) is 12.1. The van der Waals surface area contributed by atoms with Crippen molar-refractivity contribution in [2.24, 2.45) is 12.0 Å².